The van der Waals surface area contributed by atoms with Crippen molar-refractivity contribution in [3.05, 3.63) is 59.8 Å². The van der Waals surface area contributed by atoms with Crippen LogP contribution < -0.4 is 5.32 Å². The minimum atomic E-state index is 0.00565. The number of carbonyl (C=O) groups excluding carboxylic acids is 1. The quantitative estimate of drug-likeness (QED) is 0.702. The van der Waals surface area contributed by atoms with Gasteiger partial charge in [-0.15, -0.1) is 11.8 Å². The van der Waals surface area contributed by atoms with Gasteiger partial charge in [0.25, 0.3) is 0 Å². The summed E-state index contributed by atoms with van der Waals surface area (Å²) in [5.41, 5.74) is 4.03. The largest absolute Gasteiger partial charge is 0.358 e. The van der Waals surface area contributed by atoms with Gasteiger partial charge in [0.05, 0.1) is 6.42 Å². The Labute approximate surface area is 134 Å². The van der Waals surface area contributed by atoms with E-state index < -0.39 is 0 Å². The van der Waals surface area contributed by atoms with Gasteiger partial charge in [0.2, 0.25) is 5.91 Å². The van der Waals surface area contributed by atoms with Crippen LogP contribution in [0.5, 0.6) is 0 Å². The molecular weight excluding hydrogens is 292 g/mol. The van der Waals surface area contributed by atoms with Gasteiger partial charge >= 0.3 is 0 Å². The summed E-state index contributed by atoms with van der Waals surface area (Å²) in [6.45, 7) is 2.01. The summed E-state index contributed by atoms with van der Waals surface area (Å²) in [6.07, 6.45) is 2.40. The number of hydrogen-bond acceptors (Lipinski definition) is 2. The molecule has 3 aromatic rings. The van der Waals surface area contributed by atoms with Crippen LogP contribution in [0.1, 0.15) is 11.3 Å². The van der Waals surface area contributed by atoms with E-state index in [9.17, 15) is 4.79 Å². The number of rotatable bonds is 4. The number of fused-ring (bicyclic) bond motifs is 1. The molecule has 3 nitrogen and oxygen atoms in total. The number of anilines is 1. The van der Waals surface area contributed by atoms with Gasteiger partial charge < -0.3 is 10.3 Å². The first-order chi connectivity index (χ1) is 10.7. The maximum Gasteiger partial charge on any atom is 0.228 e. The third kappa shape index (κ3) is 3.02. The smallest absolute Gasteiger partial charge is 0.228 e. The fraction of sp³-hybridized carbons (Fsp3) is 0.167. The number of carbonyl (C=O) groups is 1. The number of benzene rings is 2. The number of aryl methyl sites for hydroxylation is 1. The molecule has 0 atom stereocenters. The molecule has 1 amide bonds. The SMILES string of the molecule is CSc1cccc(NC(=O)Cc2c(C)[nH]c3ccccc23)c1. The number of para-hydroxylation sites is 1. The molecule has 0 aliphatic rings. The molecule has 0 unspecified atom stereocenters. The molecule has 112 valence electrons. The van der Waals surface area contributed by atoms with Crippen LogP contribution in [0.25, 0.3) is 10.9 Å². The number of thioether (sulfide) groups is 1. The molecule has 3 rings (SSSR count). The zero-order valence-electron chi connectivity index (χ0n) is 12.6. The van der Waals surface area contributed by atoms with Gasteiger partial charge in [-0.25, -0.2) is 0 Å². The Morgan fingerprint density at radius 3 is 2.82 bits per heavy atom. The molecule has 0 spiro atoms. The summed E-state index contributed by atoms with van der Waals surface area (Å²) in [5, 5.41) is 4.10. The highest BCUT2D eigenvalue weighted by molar-refractivity contribution is 7.98. The minimum Gasteiger partial charge on any atom is -0.358 e. The molecule has 0 saturated heterocycles. The molecule has 0 bridgehead atoms. The maximum atomic E-state index is 12.3. The van der Waals surface area contributed by atoms with Gasteiger partial charge in [0.1, 0.15) is 0 Å². The van der Waals surface area contributed by atoms with Crippen LogP contribution in [0.4, 0.5) is 5.69 Å². The van der Waals surface area contributed by atoms with Crippen LogP contribution in [-0.2, 0) is 11.2 Å². The summed E-state index contributed by atoms with van der Waals surface area (Å²) in [5.74, 6) is 0.00565. The molecule has 0 saturated carbocycles. The Hall–Kier alpha value is -2.20. The Balaban J connectivity index is 1.79. The third-order valence-electron chi connectivity index (χ3n) is 3.72. The van der Waals surface area contributed by atoms with Crippen molar-refractivity contribution in [2.24, 2.45) is 0 Å². The number of nitrogens with one attached hydrogen (secondary N) is 2. The lowest BCUT2D eigenvalue weighted by Crippen LogP contribution is -2.14. The van der Waals surface area contributed by atoms with Gasteiger partial charge in [0, 0.05) is 27.2 Å². The average molecular weight is 310 g/mol. The number of hydrogen-bond donors (Lipinski definition) is 2. The number of H-pyrrole nitrogens is 1. The van der Waals surface area contributed by atoms with Gasteiger partial charge in [-0.3, -0.25) is 4.79 Å². The van der Waals surface area contributed by atoms with E-state index in [1.54, 1.807) is 11.8 Å². The first kappa shape index (κ1) is 14.7. The second-order valence-corrected chi connectivity index (χ2v) is 6.11. The second-order valence-electron chi connectivity index (χ2n) is 5.23. The predicted octanol–water partition coefficient (Wildman–Crippen LogP) is 4.38. The van der Waals surface area contributed by atoms with Crippen molar-refractivity contribution in [1.29, 1.82) is 0 Å². The molecule has 2 aromatic carbocycles. The topological polar surface area (TPSA) is 44.9 Å². The van der Waals surface area contributed by atoms with Crippen molar-refractivity contribution in [3.8, 4) is 0 Å². The van der Waals surface area contributed by atoms with E-state index in [0.717, 1.165) is 32.7 Å². The third-order valence-corrected chi connectivity index (χ3v) is 4.44. The predicted molar refractivity (Wildman–Crippen MR) is 93.6 cm³/mol. The van der Waals surface area contributed by atoms with E-state index in [1.807, 2.05) is 55.6 Å². The Kier molecular flexibility index (Phi) is 4.20. The Bertz CT molecular complexity index is 823. The fourth-order valence-corrected chi connectivity index (χ4v) is 3.09. The van der Waals surface area contributed by atoms with Crippen LogP contribution >= 0.6 is 11.8 Å². The summed E-state index contributed by atoms with van der Waals surface area (Å²) in [6, 6.07) is 16.0. The molecule has 1 heterocycles. The van der Waals surface area contributed by atoms with Crippen molar-refractivity contribution < 1.29 is 4.79 Å². The van der Waals surface area contributed by atoms with E-state index in [0.29, 0.717) is 6.42 Å². The van der Waals surface area contributed by atoms with Gasteiger partial charge in [-0.05, 0) is 43.0 Å². The number of aromatic nitrogens is 1. The molecular formula is C18H18N2OS. The summed E-state index contributed by atoms with van der Waals surface area (Å²) >= 11 is 1.66. The molecule has 22 heavy (non-hydrogen) atoms. The number of aromatic amines is 1. The van der Waals surface area contributed by atoms with Gasteiger partial charge in [-0.1, -0.05) is 24.3 Å². The van der Waals surface area contributed by atoms with Crippen molar-refractivity contribution in [2.75, 3.05) is 11.6 Å². The van der Waals surface area contributed by atoms with Gasteiger partial charge in [-0.2, -0.15) is 0 Å². The fourth-order valence-electron chi connectivity index (χ4n) is 2.63. The van der Waals surface area contributed by atoms with Gasteiger partial charge in [0.15, 0.2) is 0 Å². The Morgan fingerprint density at radius 1 is 1.18 bits per heavy atom. The van der Waals surface area contributed by atoms with Crippen molar-refractivity contribution in [1.82, 2.24) is 4.98 Å². The lowest BCUT2D eigenvalue weighted by atomic mass is 10.1. The lowest BCUT2D eigenvalue weighted by molar-refractivity contribution is -0.115. The highest BCUT2D eigenvalue weighted by Gasteiger charge is 2.12. The second kappa shape index (κ2) is 6.28. The highest BCUT2D eigenvalue weighted by Crippen LogP contribution is 2.23. The van der Waals surface area contributed by atoms with Crippen LogP contribution in [0, 0.1) is 6.92 Å². The normalized spacial score (nSPS) is 10.8. The van der Waals surface area contributed by atoms with E-state index in [2.05, 4.69) is 16.4 Å². The van der Waals surface area contributed by atoms with Crippen LogP contribution in [0.15, 0.2) is 53.4 Å². The molecule has 0 radical (unpaired) electrons. The lowest BCUT2D eigenvalue weighted by Gasteiger charge is -2.07. The van der Waals surface area contributed by atoms with Crippen LogP contribution in [0.3, 0.4) is 0 Å². The van der Waals surface area contributed by atoms with Crippen molar-refractivity contribution >= 4 is 34.3 Å². The average Bonchev–Trinajstić information content (AvgIpc) is 2.83. The van der Waals surface area contributed by atoms with E-state index in [4.69, 9.17) is 0 Å². The van der Waals surface area contributed by atoms with Crippen LogP contribution in [0.2, 0.25) is 0 Å². The summed E-state index contributed by atoms with van der Waals surface area (Å²) in [7, 11) is 0. The van der Waals surface area contributed by atoms with E-state index in [-0.39, 0.29) is 5.91 Å². The van der Waals surface area contributed by atoms with Crippen LogP contribution in [-0.4, -0.2) is 17.1 Å². The highest BCUT2D eigenvalue weighted by atomic mass is 32.2. The molecule has 0 aliphatic carbocycles. The number of amides is 1. The van der Waals surface area contributed by atoms with Crippen molar-refractivity contribution in [2.45, 2.75) is 18.2 Å². The Morgan fingerprint density at radius 2 is 2.00 bits per heavy atom. The molecule has 4 heteroatoms. The summed E-state index contributed by atoms with van der Waals surface area (Å²) < 4.78 is 0. The molecule has 0 fully saturated rings. The molecule has 1 aromatic heterocycles. The molecule has 2 N–H and O–H groups in total. The zero-order chi connectivity index (χ0) is 15.5. The maximum absolute atomic E-state index is 12.3. The van der Waals surface area contributed by atoms with Crippen molar-refractivity contribution in [3.63, 3.8) is 0 Å². The molecule has 0 aliphatic heterocycles. The van der Waals surface area contributed by atoms with E-state index >= 15 is 0 Å². The zero-order valence-corrected chi connectivity index (χ0v) is 13.5. The monoisotopic (exact) mass is 310 g/mol. The first-order valence-electron chi connectivity index (χ1n) is 7.17. The van der Waals surface area contributed by atoms with E-state index in [1.165, 1.54) is 0 Å². The minimum absolute atomic E-state index is 0.00565. The standard InChI is InChI=1S/C18H18N2OS/c1-12-16(15-8-3-4-9-17(15)19-12)11-18(21)20-13-6-5-7-14(10-13)22-2/h3-10,19H,11H2,1-2H3,(H,20,21). The first-order valence-corrected chi connectivity index (χ1v) is 8.40. The summed E-state index contributed by atoms with van der Waals surface area (Å²) in [4.78, 5) is 16.8.